The van der Waals surface area contributed by atoms with Crippen LogP contribution in [-0.4, -0.2) is 41.3 Å². The van der Waals surface area contributed by atoms with Gasteiger partial charge in [0.05, 0.1) is 26.2 Å². The van der Waals surface area contributed by atoms with Crippen LogP contribution >= 0.6 is 0 Å². The Labute approximate surface area is 148 Å². The molecular weight excluding hydrogens is 344 g/mol. The van der Waals surface area contributed by atoms with Crippen LogP contribution in [0, 0.1) is 0 Å². The van der Waals surface area contributed by atoms with Gasteiger partial charge >= 0.3 is 5.97 Å². The van der Waals surface area contributed by atoms with Crippen molar-refractivity contribution in [1.82, 2.24) is 0 Å². The molecule has 1 aliphatic rings. The van der Waals surface area contributed by atoms with Crippen LogP contribution in [0.2, 0.25) is 0 Å². The van der Waals surface area contributed by atoms with Crippen LogP contribution in [0.4, 0.5) is 0 Å². The van der Waals surface area contributed by atoms with Gasteiger partial charge in [0.25, 0.3) is 0 Å². The molecule has 1 heterocycles. The number of esters is 1. The summed E-state index contributed by atoms with van der Waals surface area (Å²) in [6.07, 6.45) is -1.13. The van der Waals surface area contributed by atoms with Crippen molar-refractivity contribution in [2.45, 2.75) is 12.5 Å². The average molecular weight is 360 g/mol. The molecule has 3 rings (SSSR count). The van der Waals surface area contributed by atoms with E-state index in [4.69, 9.17) is 14.2 Å². The highest BCUT2D eigenvalue weighted by molar-refractivity contribution is 6.02. The lowest BCUT2D eigenvalue weighted by Gasteiger charge is -2.12. The normalized spacial score (nSPS) is 15.3. The Bertz CT molecular complexity index is 903. The Morgan fingerprint density at radius 1 is 1.08 bits per heavy atom. The monoisotopic (exact) mass is 360 g/mol. The molecule has 26 heavy (non-hydrogen) atoms. The quantitative estimate of drug-likeness (QED) is 0.321. The molecule has 0 aromatic heterocycles. The summed E-state index contributed by atoms with van der Waals surface area (Å²) in [7, 11) is 2.83. The second-order valence-electron chi connectivity index (χ2n) is 5.64. The molecule has 0 saturated carbocycles. The van der Waals surface area contributed by atoms with Crippen molar-refractivity contribution in [1.29, 1.82) is 0 Å². The van der Waals surface area contributed by atoms with Gasteiger partial charge in [-0.2, -0.15) is 0 Å². The van der Waals surface area contributed by atoms with Gasteiger partial charge in [0, 0.05) is 11.6 Å². The number of methoxy groups -OCH3 is 2. The van der Waals surface area contributed by atoms with Crippen molar-refractivity contribution in [3.05, 3.63) is 41.0 Å². The summed E-state index contributed by atoms with van der Waals surface area (Å²) < 4.78 is 15.6. The molecule has 0 saturated heterocycles. The average Bonchev–Trinajstić information content (AvgIpc) is 2.92. The van der Waals surface area contributed by atoms with Gasteiger partial charge in [-0.25, -0.2) is 4.79 Å². The summed E-state index contributed by atoms with van der Waals surface area (Å²) in [6, 6.07) is 5.03. The predicted molar refractivity (Wildman–Crippen MR) is 88.1 cm³/mol. The predicted octanol–water partition coefficient (Wildman–Crippen LogP) is 2.31. The zero-order chi connectivity index (χ0) is 19.0. The molecule has 8 nitrogen and oxygen atoms in total. The van der Waals surface area contributed by atoms with E-state index in [-0.39, 0.29) is 23.3 Å². The van der Waals surface area contributed by atoms with E-state index in [0.29, 0.717) is 11.3 Å². The van der Waals surface area contributed by atoms with E-state index in [1.807, 2.05) is 0 Å². The van der Waals surface area contributed by atoms with Crippen molar-refractivity contribution < 1.29 is 39.1 Å². The van der Waals surface area contributed by atoms with Gasteiger partial charge in [-0.05, 0) is 12.1 Å². The van der Waals surface area contributed by atoms with E-state index in [0.717, 1.165) is 12.1 Å². The maximum Gasteiger partial charge on any atom is 0.343 e. The number of ether oxygens (including phenoxy) is 3. The van der Waals surface area contributed by atoms with Gasteiger partial charge in [0.2, 0.25) is 0 Å². The van der Waals surface area contributed by atoms with E-state index in [1.54, 1.807) is 12.1 Å². The van der Waals surface area contributed by atoms with Crippen LogP contribution in [0.3, 0.4) is 0 Å². The molecule has 0 aliphatic carbocycles. The fourth-order valence-corrected chi connectivity index (χ4v) is 2.89. The minimum Gasteiger partial charge on any atom is -0.507 e. The smallest absolute Gasteiger partial charge is 0.343 e. The maximum absolute atomic E-state index is 12.5. The molecular formula is C18H16O8. The number of aromatic hydroxyl groups is 3. The van der Waals surface area contributed by atoms with E-state index < -0.39 is 35.1 Å². The molecule has 2 aromatic carbocycles. The molecule has 3 N–H and O–H groups in total. The zero-order valence-corrected chi connectivity index (χ0v) is 14.0. The van der Waals surface area contributed by atoms with Gasteiger partial charge in [-0.3, -0.25) is 4.79 Å². The fourth-order valence-electron chi connectivity index (χ4n) is 2.89. The molecule has 1 atom stereocenters. The molecule has 1 aliphatic heterocycles. The van der Waals surface area contributed by atoms with Crippen molar-refractivity contribution in [3.8, 4) is 28.7 Å². The molecule has 0 unspecified atom stereocenters. The number of Topliss-reactive ketones (excluding diaryl/α,β-unsaturated/α-hetero) is 1. The number of cyclic esters (lactones) is 1. The highest BCUT2D eigenvalue weighted by Crippen LogP contribution is 2.44. The molecule has 0 fully saturated rings. The summed E-state index contributed by atoms with van der Waals surface area (Å²) in [6.45, 7) is 0. The highest BCUT2D eigenvalue weighted by atomic mass is 16.6. The first-order chi connectivity index (χ1) is 12.4. The summed E-state index contributed by atoms with van der Waals surface area (Å²) in [4.78, 5) is 24.7. The summed E-state index contributed by atoms with van der Waals surface area (Å²) in [5.74, 6) is -2.21. The Balaban J connectivity index is 1.94. The molecule has 0 bridgehead atoms. The lowest BCUT2D eigenvalue weighted by Crippen LogP contribution is -2.08. The van der Waals surface area contributed by atoms with Crippen molar-refractivity contribution in [2.24, 2.45) is 0 Å². The number of hydrogen-bond donors (Lipinski definition) is 3. The number of carbonyl (C=O) groups excluding carboxylic acids is 2. The maximum atomic E-state index is 12.5. The molecule has 0 amide bonds. The van der Waals surface area contributed by atoms with E-state index in [1.165, 1.54) is 14.2 Å². The Morgan fingerprint density at radius 2 is 1.77 bits per heavy atom. The van der Waals surface area contributed by atoms with Crippen LogP contribution in [0.5, 0.6) is 28.7 Å². The molecule has 8 heteroatoms. The van der Waals surface area contributed by atoms with Crippen LogP contribution in [0.25, 0.3) is 0 Å². The molecule has 0 spiro atoms. The zero-order valence-electron chi connectivity index (χ0n) is 14.0. The topological polar surface area (TPSA) is 123 Å². The van der Waals surface area contributed by atoms with Gasteiger partial charge in [-0.1, -0.05) is 6.07 Å². The second kappa shape index (κ2) is 6.47. The minimum atomic E-state index is -0.875. The third-order valence-corrected chi connectivity index (χ3v) is 4.14. The van der Waals surface area contributed by atoms with Gasteiger partial charge in [0.15, 0.2) is 28.8 Å². The van der Waals surface area contributed by atoms with Crippen LogP contribution in [0.15, 0.2) is 24.3 Å². The van der Waals surface area contributed by atoms with Crippen molar-refractivity contribution in [2.75, 3.05) is 14.2 Å². The van der Waals surface area contributed by atoms with Crippen LogP contribution in [0.1, 0.15) is 38.8 Å². The number of hydrogen-bond acceptors (Lipinski definition) is 8. The molecule has 0 radical (unpaired) electrons. The Morgan fingerprint density at radius 3 is 2.42 bits per heavy atom. The van der Waals surface area contributed by atoms with E-state index in [2.05, 4.69) is 0 Å². The number of ketones is 1. The number of phenols is 3. The summed E-state index contributed by atoms with van der Waals surface area (Å²) in [5, 5.41) is 28.7. The third kappa shape index (κ3) is 2.75. The number of rotatable bonds is 5. The third-order valence-electron chi connectivity index (χ3n) is 4.14. The summed E-state index contributed by atoms with van der Waals surface area (Å²) in [5.41, 5.74) is 0.455. The standard InChI is InChI=1S/C18H16O8/c1-24-14-4-3-8-15(26-18(23)16(8)17(14)25-2)7-11(20)9-5-12(21)13(22)6-10(9)19/h3-6,15,19,21-22H,7H2,1-2H3/t15-/m1/s1. The van der Waals surface area contributed by atoms with Gasteiger partial charge in [-0.15, -0.1) is 0 Å². The minimum absolute atomic E-state index is 0.183. The van der Waals surface area contributed by atoms with E-state index in [9.17, 15) is 24.9 Å². The number of benzene rings is 2. The Kier molecular flexibility index (Phi) is 4.33. The highest BCUT2D eigenvalue weighted by Gasteiger charge is 2.37. The fraction of sp³-hybridized carbons (Fsp3) is 0.222. The first-order valence-electron chi connectivity index (χ1n) is 7.61. The lowest BCUT2D eigenvalue weighted by atomic mass is 9.97. The van der Waals surface area contributed by atoms with Gasteiger partial charge < -0.3 is 29.5 Å². The van der Waals surface area contributed by atoms with Crippen LogP contribution < -0.4 is 9.47 Å². The van der Waals surface area contributed by atoms with Crippen LogP contribution in [-0.2, 0) is 4.74 Å². The van der Waals surface area contributed by atoms with Crippen molar-refractivity contribution >= 4 is 11.8 Å². The first kappa shape index (κ1) is 17.4. The Hall–Kier alpha value is -3.42. The number of phenolic OH excluding ortho intramolecular Hbond substituents is 3. The second-order valence-corrected chi connectivity index (χ2v) is 5.64. The van der Waals surface area contributed by atoms with Crippen molar-refractivity contribution in [3.63, 3.8) is 0 Å². The molecule has 136 valence electrons. The molecule has 2 aromatic rings. The SMILES string of the molecule is COc1ccc2c(c1OC)C(=O)O[C@@H]2CC(=O)c1cc(O)c(O)cc1O. The van der Waals surface area contributed by atoms with Gasteiger partial charge in [0.1, 0.15) is 17.4 Å². The number of fused-ring (bicyclic) bond motifs is 1. The lowest BCUT2D eigenvalue weighted by molar-refractivity contribution is 0.0365. The van der Waals surface area contributed by atoms with E-state index >= 15 is 0 Å². The first-order valence-corrected chi connectivity index (χ1v) is 7.61. The largest absolute Gasteiger partial charge is 0.507 e. The summed E-state index contributed by atoms with van der Waals surface area (Å²) >= 11 is 0. The number of carbonyl (C=O) groups is 2.